The average molecular weight is 191 g/mol. The Hall–Kier alpha value is -1.15. The maximum atomic E-state index is 10.4. The van der Waals surface area contributed by atoms with Crippen LogP contribution in [0, 0.1) is 0 Å². The molecule has 76 valence electrons. The molecule has 1 rings (SSSR count). The first-order chi connectivity index (χ1) is 6.86. The van der Waals surface area contributed by atoms with Crippen LogP contribution in [0.2, 0.25) is 0 Å². The molecule has 0 amide bonds. The fourth-order valence-electron chi connectivity index (χ4n) is 1.50. The van der Waals surface area contributed by atoms with Crippen LogP contribution in [0.5, 0.6) is 0 Å². The highest BCUT2D eigenvalue weighted by molar-refractivity contribution is 5.51. The third-order valence-corrected chi connectivity index (χ3v) is 2.12. The summed E-state index contributed by atoms with van der Waals surface area (Å²) < 4.78 is 0. The molecule has 0 saturated carbocycles. The summed E-state index contributed by atoms with van der Waals surface area (Å²) in [5.41, 5.74) is 1.27. The van der Waals surface area contributed by atoms with Gasteiger partial charge in [0.1, 0.15) is 6.29 Å². The topological polar surface area (TPSA) is 20.3 Å². The van der Waals surface area contributed by atoms with E-state index in [1.807, 2.05) is 18.2 Å². The molecule has 0 spiro atoms. The van der Waals surface area contributed by atoms with E-state index >= 15 is 0 Å². The summed E-state index contributed by atoms with van der Waals surface area (Å²) in [7, 11) is 0. The van der Waals surface area contributed by atoms with Crippen LogP contribution in [0.3, 0.4) is 0 Å². The summed E-state index contributed by atoms with van der Waals surface area (Å²) in [6.45, 7) is 4.51. The molecule has 0 heterocycles. The van der Waals surface area contributed by atoms with Crippen LogP contribution in [0.1, 0.15) is 18.9 Å². The lowest BCUT2D eigenvalue weighted by molar-refractivity contribution is -0.109. The largest absolute Gasteiger partial charge is 0.302 e. The molecule has 0 N–H and O–H groups in total. The molecule has 1 aromatic rings. The predicted molar refractivity (Wildman–Crippen MR) is 58.1 cm³/mol. The second-order valence-electron chi connectivity index (χ2n) is 3.39. The van der Waals surface area contributed by atoms with Crippen molar-refractivity contribution >= 4 is 6.29 Å². The summed E-state index contributed by atoms with van der Waals surface area (Å²) in [6.07, 6.45) is 2.05. The zero-order valence-electron chi connectivity index (χ0n) is 8.65. The first-order valence-corrected chi connectivity index (χ1v) is 5.06. The van der Waals surface area contributed by atoms with E-state index in [2.05, 4.69) is 24.0 Å². The number of carbonyl (C=O) groups excluding carboxylic acids is 1. The van der Waals surface area contributed by atoms with Crippen molar-refractivity contribution in [1.82, 2.24) is 4.90 Å². The molecule has 0 aliphatic heterocycles. The van der Waals surface area contributed by atoms with Crippen molar-refractivity contribution < 1.29 is 4.79 Å². The van der Waals surface area contributed by atoms with Crippen molar-refractivity contribution in [2.45, 2.75) is 19.9 Å². The minimum atomic E-state index is 0.530. The van der Waals surface area contributed by atoms with E-state index in [-0.39, 0.29) is 0 Å². The van der Waals surface area contributed by atoms with Crippen molar-refractivity contribution in [3.8, 4) is 0 Å². The molecular weight excluding hydrogens is 174 g/mol. The van der Waals surface area contributed by atoms with Gasteiger partial charge >= 0.3 is 0 Å². The van der Waals surface area contributed by atoms with E-state index in [0.717, 1.165) is 25.8 Å². The first-order valence-electron chi connectivity index (χ1n) is 5.06. The summed E-state index contributed by atoms with van der Waals surface area (Å²) in [5, 5.41) is 0. The first kappa shape index (κ1) is 10.9. The number of hydrogen-bond acceptors (Lipinski definition) is 2. The second kappa shape index (κ2) is 6.33. The van der Waals surface area contributed by atoms with Crippen molar-refractivity contribution in [2.24, 2.45) is 0 Å². The lowest BCUT2D eigenvalue weighted by atomic mass is 10.2. The van der Waals surface area contributed by atoms with Crippen molar-refractivity contribution in [3.05, 3.63) is 35.9 Å². The van der Waals surface area contributed by atoms with Crippen molar-refractivity contribution in [2.75, 3.05) is 13.1 Å². The van der Waals surface area contributed by atoms with E-state index in [1.165, 1.54) is 5.56 Å². The van der Waals surface area contributed by atoms with E-state index in [0.29, 0.717) is 6.54 Å². The Morgan fingerprint density at radius 3 is 2.57 bits per heavy atom. The van der Waals surface area contributed by atoms with Crippen LogP contribution in [0.25, 0.3) is 0 Å². The van der Waals surface area contributed by atoms with Gasteiger partial charge in [0.05, 0.1) is 6.54 Å². The van der Waals surface area contributed by atoms with Crippen LogP contribution < -0.4 is 0 Å². The SMILES string of the molecule is CCCN(CC=O)Cc1ccccc1. The molecule has 1 aromatic carbocycles. The van der Waals surface area contributed by atoms with Crippen LogP contribution in [-0.4, -0.2) is 24.3 Å². The van der Waals surface area contributed by atoms with Gasteiger partial charge in [-0.1, -0.05) is 37.3 Å². The van der Waals surface area contributed by atoms with Gasteiger partial charge in [-0.05, 0) is 18.5 Å². The molecule has 0 bridgehead atoms. The molecule has 0 unspecified atom stereocenters. The van der Waals surface area contributed by atoms with E-state index in [9.17, 15) is 4.79 Å². The quantitative estimate of drug-likeness (QED) is 0.642. The number of carbonyl (C=O) groups is 1. The van der Waals surface area contributed by atoms with E-state index in [1.54, 1.807) is 0 Å². The fraction of sp³-hybridized carbons (Fsp3) is 0.417. The molecule has 2 heteroatoms. The van der Waals surface area contributed by atoms with Crippen molar-refractivity contribution in [1.29, 1.82) is 0 Å². The number of hydrogen-bond donors (Lipinski definition) is 0. The van der Waals surface area contributed by atoms with E-state index < -0.39 is 0 Å². The minimum absolute atomic E-state index is 0.530. The van der Waals surface area contributed by atoms with Crippen LogP contribution >= 0.6 is 0 Å². The van der Waals surface area contributed by atoms with Gasteiger partial charge in [0.15, 0.2) is 0 Å². The highest BCUT2D eigenvalue weighted by Gasteiger charge is 2.02. The van der Waals surface area contributed by atoms with Gasteiger partial charge in [-0.15, -0.1) is 0 Å². The maximum absolute atomic E-state index is 10.4. The third kappa shape index (κ3) is 3.71. The lowest BCUT2D eigenvalue weighted by Crippen LogP contribution is -2.25. The number of aldehydes is 1. The van der Waals surface area contributed by atoms with Gasteiger partial charge in [-0.2, -0.15) is 0 Å². The van der Waals surface area contributed by atoms with Crippen LogP contribution in [0.15, 0.2) is 30.3 Å². The Bertz CT molecular complexity index is 258. The predicted octanol–water partition coefficient (Wildman–Crippen LogP) is 2.10. The molecule has 14 heavy (non-hydrogen) atoms. The Morgan fingerprint density at radius 1 is 1.29 bits per heavy atom. The maximum Gasteiger partial charge on any atom is 0.133 e. The fourth-order valence-corrected chi connectivity index (χ4v) is 1.50. The Labute approximate surface area is 85.5 Å². The average Bonchev–Trinajstić information content (AvgIpc) is 2.20. The van der Waals surface area contributed by atoms with Crippen LogP contribution in [-0.2, 0) is 11.3 Å². The lowest BCUT2D eigenvalue weighted by Gasteiger charge is -2.18. The number of nitrogens with zero attached hydrogens (tertiary/aromatic N) is 1. The molecule has 0 saturated heterocycles. The molecular formula is C12H17NO. The van der Waals surface area contributed by atoms with Gasteiger partial charge in [0.2, 0.25) is 0 Å². The van der Waals surface area contributed by atoms with Crippen molar-refractivity contribution in [3.63, 3.8) is 0 Å². The van der Waals surface area contributed by atoms with Gasteiger partial charge < -0.3 is 4.79 Å². The summed E-state index contributed by atoms with van der Waals surface area (Å²) >= 11 is 0. The smallest absolute Gasteiger partial charge is 0.133 e. The number of benzene rings is 1. The van der Waals surface area contributed by atoms with Crippen LogP contribution in [0.4, 0.5) is 0 Å². The molecule has 0 aromatic heterocycles. The highest BCUT2D eigenvalue weighted by Crippen LogP contribution is 2.03. The molecule has 0 atom stereocenters. The molecule has 2 nitrogen and oxygen atoms in total. The summed E-state index contributed by atoms with van der Waals surface area (Å²) in [5.74, 6) is 0. The normalized spacial score (nSPS) is 10.4. The highest BCUT2D eigenvalue weighted by atomic mass is 16.1. The van der Waals surface area contributed by atoms with Gasteiger partial charge in [0, 0.05) is 6.54 Å². The van der Waals surface area contributed by atoms with E-state index in [4.69, 9.17) is 0 Å². The number of rotatable bonds is 6. The zero-order valence-corrected chi connectivity index (χ0v) is 8.65. The van der Waals surface area contributed by atoms with Gasteiger partial charge in [0.25, 0.3) is 0 Å². The molecule has 0 aliphatic carbocycles. The minimum Gasteiger partial charge on any atom is -0.302 e. The third-order valence-electron chi connectivity index (χ3n) is 2.12. The second-order valence-corrected chi connectivity index (χ2v) is 3.39. The monoisotopic (exact) mass is 191 g/mol. The Morgan fingerprint density at radius 2 is 2.00 bits per heavy atom. The summed E-state index contributed by atoms with van der Waals surface area (Å²) in [4.78, 5) is 12.6. The molecule has 0 fully saturated rings. The summed E-state index contributed by atoms with van der Waals surface area (Å²) in [6, 6.07) is 10.2. The standard InChI is InChI=1S/C12H17NO/c1-2-8-13(9-10-14)11-12-6-4-3-5-7-12/h3-7,10H,2,8-9,11H2,1H3. The molecule has 0 radical (unpaired) electrons. The van der Waals surface area contributed by atoms with Gasteiger partial charge in [-0.3, -0.25) is 4.90 Å². The molecule has 0 aliphatic rings. The Kier molecular flexibility index (Phi) is 4.94. The Balaban J connectivity index is 2.50. The van der Waals surface area contributed by atoms with Gasteiger partial charge in [-0.25, -0.2) is 0 Å². The zero-order chi connectivity index (χ0) is 10.2.